The maximum atomic E-state index is 11.8. The summed E-state index contributed by atoms with van der Waals surface area (Å²) in [5, 5.41) is 22.8. The van der Waals surface area contributed by atoms with E-state index in [1.54, 1.807) is 0 Å². The minimum atomic E-state index is -0.653. The molecule has 1 amide bonds. The fourth-order valence-corrected chi connectivity index (χ4v) is 1.92. The lowest BCUT2D eigenvalue weighted by atomic mass is 10.2. The van der Waals surface area contributed by atoms with Gasteiger partial charge in [0.25, 0.3) is 11.6 Å². The van der Waals surface area contributed by atoms with Crippen LogP contribution in [0.1, 0.15) is 16.8 Å². The molecule has 1 aromatic carbocycles. The molecule has 1 aromatic rings. The normalized spacial score (nSPS) is 11.9. The molecule has 0 fully saturated rings. The number of nitrogens with zero attached hydrogens (tertiary/aromatic N) is 1. The number of benzene rings is 1. The first kappa shape index (κ1) is 16.5. The van der Waals surface area contributed by atoms with Crippen molar-refractivity contribution in [2.45, 2.75) is 12.5 Å². The highest BCUT2D eigenvalue weighted by molar-refractivity contribution is 9.10. The maximum absolute atomic E-state index is 11.8. The van der Waals surface area contributed by atoms with Gasteiger partial charge in [-0.15, -0.1) is 0 Å². The van der Waals surface area contributed by atoms with E-state index in [0.29, 0.717) is 10.9 Å². The number of hydrogen-bond donors (Lipinski definition) is 2. The lowest BCUT2D eigenvalue weighted by Gasteiger charge is -2.10. The van der Waals surface area contributed by atoms with Crippen molar-refractivity contribution in [1.82, 2.24) is 5.32 Å². The summed E-state index contributed by atoms with van der Waals surface area (Å²) in [5.41, 5.74) is 0.0261. The summed E-state index contributed by atoms with van der Waals surface area (Å²) in [7, 11) is 1.47. The zero-order valence-electron chi connectivity index (χ0n) is 10.8. The van der Waals surface area contributed by atoms with Gasteiger partial charge >= 0.3 is 0 Å². The van der Waals surface area contributed by atoms with Gasteiger partial charge in [-0.1, -0.05) is 0 Å². The van der Waals surface area contributed by atoms with Gasteiger partial charge in [0.1, 0.15) is 0 Å². The Labute approximate surface area is 124 Å². The molecular formula is C12H15BrN2O5. The first-order valence-electron chi connectivity index (χ1n) is 5.85. The van der Waals surface area contributed by atoms with Gasteiger partial charge in [0.2, 0.25) is 0 Å². The van der Waals surface area contributed by atoms with Crippen molar-refractivity contribution in [3.8, 4) is 0 Å². The van der Waals surface area contributed by atoms with Crippen LogP contribution in [0.5, 0.6) is 0 Å². The van der Waals surface area contributed by atoms with Gasteiger partial charge in [-0.05, 0) is 34.5 Å². The average molecular weight is 347 g/mol. The van der Waals surface area contributed by atoms with E-state index in [1.807, 2.05) is 0 Å². The lowest BCUT2D eigenvalue weighted by Crippen LogP contribution is -2.28. The molecular weight excluding hydrogens is 332 g/mol. The first-order valence-corrected chi connectivity index (χ1v) is 6.64. The number of ether oxygens (including phenoxy) is 1. The number of carbonyl (C=O) groups is 1. The molecule has 1 rings (SSSR count). The largest absolute Gasteiger partial charge is 0.391 e. The number of aliphatic hydroxyl groups excluding tert-OH is 1. The van der Waals surface area contributed by atoms with Gasteiger partial charge in [0.15, 0.2) is 0 Å². The maximum Gasteiger partial charge on any atom is 0.284 e. The lowest BCUT2D eigenvalue weighted by molar-refractivity contribution is -0.385. The molecule has 0 aliphatic rings. The minimum Gasteiger partial charge on any atom is -0.391 e. The zero-order valence-corrected chi connectivity index (χ0v) is 12.4. The highest BCUT2D eigenvalue weighted by Gasteiger charge is 2.15. The Morgan fingerprint density at radius 2 is 2.30 bits per heavy atom. The van der Waals surface area contributed by atoms with Crippen LogP contribution < -0.4 is 5.32 Å². The van der Waals surface area contributed by atoms with Crippen LogP contribution in [0.3, 0.4) is 0 Å². The SMILES string of the molecule is COCC(O)CCNC(=O)c1ccc(Br)c([N+](=O)[O-])c1. The van der Waals surface area contributed by atoms with E-state index in [1.165, 1.54) is 25.3 Å². The number of nitrogens with one attached hydrogen (secondary N) is 1. The molecule has 1 unspecified atom stereocenters. The molecule has 0 radical (unpaired) electrons. The standard InChI is InChI=1S/C12H15BrN2O5/c1-20-7-9(16)4-5-14-12(17)8-2-3-10(13)11(6-8)15(18)19/h2-3,6,9,16H,4-5,7H2,1H3,(H,14,17). The van der Waals surface area contributed by atoms with Gasteiger partial charge < -0.3 is 15.2 Å². The van der Waals surface area contributed by atoms with Gasteiger partial charge in [-0.3, -0.25) is 14.9 Å². The van der Waals surface area contributed by atoms with Crippen molar-refractivity contribution in [3.05, 3.63) is 38.3 Å². The highest BCUT2D eigenvalue weighted by atomic mass is 79.9. The number of amides is 1. The predicted molar refractivity (Wildman–Crippen MR) is 75.6 cm³/mol. The minimum absolute atomic E-state index is 0.169. The summed E-state index contributed by atoms with van der Waals surface area (Å²) in [5.74, 6) is -0.426. The molecule has 2 N–H and O–H groups in total. The van der Waals surface area contributed by atoms with Crippen LogP contribution in [0.4, 0.5) is 5.69 Å². The van der Waals surface area contributed by atoms with Crippen LogP contribution in [0.15, 0.2) is 22.7 Å². The molecule has 0 saturated heterocycles. The number of rotatable bonds is 7. The second-order valence-corrected chi connectivity index (χ2v) is 4.93. The van der Waals surface area contributed by atoms with E-state index in [0.717, 1.165) is 0 Å². The van der Waals surface area contributed by atoms with E-state index in [-0.39, 0.29) is 24.4 Å². The summed E-state index contributed by atoms with van der Waals surface area (Å²) in [6.45, 7) is 0.451. The second kappa shape index (κ2) is 7.93. The average Bonchev–Trinajstić information content (AvgIpc) is 2.39. The Morgan fingerprint density at radius 3 is 2.90 bits per heavy atom. The number of methoxy groups -OCH3 is 1. The van der Waals surface area contributed by atoms with Crippen molar-refractivity contribution in [2.75, 3.05) is 20.3 Å². The third-order valence-electron chi connectivity index (χ3n) is 2.53. The third-order valence-corrected chi connectivity index (χ3v) is 3.20. The smallest absolute Gasteiger partial charge is 0.284 e. The molecule has 110 valence electrons. The third kappa shape index (κ3) is 4.87. The Morgan fingerprint density at radius 1 is 1.60 bits per heavy atom. The van der Waals surface area contributed by atoms with Gasteiger partial charge in [0, 0.05) is 25.3 Å². The second-order valence-electron chi connectivity index (χ2n) is 4.08. The van der Waals surface area contributed by atoms with Crippen LogP contribution in [0, 0.1) is 10.1 Å². The molecule has 0 aliphatic heterocycles. The molecule has 0 heterocycles. The molecule has 8 heteroatoms. The number of halogens is 1. The summed E-state index contributed by atoms with van der Waals surface area (Å²) in [4.78, 5) is 22.0. The number of carbonyl (C=O) groups excluding carboxylic acids is 1. The van der Waals surface area contributed by atoms with Crippen LogP contribution in [-0.4, -0.2) is 42.3 Å². The predicted octanol–water partition coefficient (Wildman–Crippen LogP) is 1.48. The molecule has 7 nitrogen and oxygen atoms in total. The summed E-state index contributed by atoms with van der Waals surface area (Å²) < 4.78 is 5.07. The number of nitro benzene ring substituents is 1. The van der Waals surface area contributed by atoms with Crippen molar-refractivity contribution >= 4 is 27.5 Å². The zero-order chi connectivity index (χ0) is 15.1. The van der Waals surface area contributed by atoms with Crippen molar-refractivity contribution < 1.29 is 19.6 Å². The molecule has 0 aliphatic carbocycles. The number of hydrogen-bond acceptors (Lipinski definition) is 5. The Kier molecular flexibility index (Phi) is 6.56. The van der Waals surface area contributed by atoms with Gasteiger partial charge in [-0.25, -0.2) is 0 Å². The van der Waals surface area contributed by atoms with E-state index >= 15 is 0 Å². The summed E-state index contributed by atoms with van der Waals surface area (Å²) in [6.07, 6.45) is -0.308. The van der Waals surface area contributed by atoms with E-state index in [9.17, 15) is 20.0 Å². The quantitative estimate of drug-likeness (QED) is 0.575. The van der Waals surface area contributed by atoms with Crippen LogP contribution >= 0.6 is 15.9 Å². The van der Waals surface area contributed by atoms with Crippen molar-refractivity contribution in [2.24, 2.45) is 0 Å². The van der Waals surface area contributed by atoms with Gasteiger partial charge in [0.05, 0.1) is 22.1 Å². The monoisotopic (exact) mass is 346 g/mol. The highest BCUT2D eigenvalue weighted by Crippen LogP contribution is 2.25. The fourth-order valence-electron chi connectivity index (χ4n) is 1.52. The van der Waals surface area contributed by atoms with Gasteiger partial charge in [-0.2, -0.15) is 0 Å². The summed E-state index contributed by atoms with van der Waals surface area (Å²) >= 11 is 3.05. The van der Waals surface area contributed by atoms with E-state index in [2.05, 4.69) is 21.2 Å². The van der Waals surface area contributed by atoms with Crippen molar-refractivity contribution in [1.29, 1.82) is 0 Å². The molecule has 0 spiro atoms. The van der Waals surface area contributed by atoms with Crippen LogP contribution in [0.25, 0.3) is 0 Å². The Balaban J connectivity index is 2.60. The van der Waals surface area contributed by atoms with E-state index in [4.69, 9.17) is 4.74 Å². The van der Waals surface area contributed by atoms with E-state index < -0.39 is 16.9 Å². The number of nitro groups is 1. The topological polar surface area (TPSA) is 102 Å². The summed E-state index contributed by atoms with van der Waals surface area (Å²) in [6, 6.07) is 4.13. The molecule has 0 aromatic heterocycles. The molecule has 0 bridgehead atoms. The fraction of sp³-hybridized carbons (Fsp3) is 0.417. The van der Waals surface area contributed by atoms with Crippen LogP contribution in [0.2, 0.25) is 0 Å². The number of aliphatic hydroxyl groups is 1. The van der Waals surface area contributed by atoms with Crippen molar-refractivity contribution in [3.63, 3.8) is 0 Å². The Bertz CT molecular complexity index is 495. The molecule has 20 heavy (non-hydrogen) atoms. The first-order chi connectivity index (χ1) is 9.45. The molecule has 0 saturated carbocycles. The Hall–Kier alpha value is -1.51. The molecule has 1 atom stereocenters. The van der Waals surface area contributed by atoms with Crippen LogP contribution in [-0.2, 0) is 4.74 Å².